The van der Waals surface area contributed by atoms with Crippen LogP contribution in [0.25, 0.3) is 0 Å². The lowest BCUT2D eigenvalue weighted by atomic mass is 10.1. The Bertz CT molecular complexity index is 484. The zero-order valence-electron chi connectivity index (χ0n) is 10.7. The van der Waals surface area contributed by atoms with E-state index in [0.717, 1.165) is 16.7 Å². The molecule has 96 valence electrons. The fourth-order valence-electron chi connectivity index (χ4n) is 1.90. The summed E-state index contributed by atoms with van der Waals surface area (Å²) in [5.41, 5.74) is 8.14. The lowest BCUT2D eigenvalue weighted by molar-refractivity contribution is 0.572. The Kier molecular flexibility index (Phi) is 4.30. The molecule has 0 radical (unpaired) electrons. The minimum atomic E-state index is -3.46. The first-order valence-electron chi connectivity index (χ1n) is 5.57. The van der Waals surface area contributed by atoms with E-state index < -0.39 is 10.0 Å². The largest absolute Gasteiger partial charge is 0.327 e. The Balaban J connectivity index is 3.16. The molecular formula is C12H20N2O2S. The van der Waals surface area contributed by atoms with Crippen molar-refractivity contribution in [3.05, 3.63) is 28.8 Å². The first kappa shape index (κ1) is 14.2. The van der Waals surface area contributed by atoms with Gasteiger partial charge < -0.3 is 5.73 Å². The highest BCUT2D eigenvalue weighted by molar-refractivity contribution is 7.89. The van der Waals surface area contributed by atoms with Gasteiger partial charge >= 0.3 is 0 Å². The van der Waals surface area contributed by atoms with E-state index in [1.807, 2.05) is 19.1 Å². The van der Waals surface area contributed by atoms with Crippen molar-refractivity contribution in [3.8, 4) is 0 Å². The molecule has 0 aliphatic carbocycles. The van der Waals surface area contributed by atoms with Crippen LogP contribution in [0.5, 0.6) is 0 Å². The van der Waals surface area contributed by atoms with Gasteiger partial charge in [-0.1, -0.05) is 17.7 Å². The Hall–Kier alpha value is -0.910. The Labute approximate surface area is 103 Å². The zero-order chi connectivity index (χ0) is 13.2. The second-order valence-electron chi connectivity index (χ2n) is 4.56. The maximum atomic E-state index is 12.1. The van der Waals surface area contributed by atoms with Gasteiger partial charge in [0.25, 0.3) is 0 Å². The number of hydrogen-bond acceptors (Lipinski definition) is 3. The molecule has 3 N–H and O–H groups in total. The van der Waals surface area contributed by atoms with E-state index in [1.54, 1.807) is 20.8 Å². The Morgan fingerprint density at radius 3 is 2.12 bits per heavy atom. The molecule has 0 spiro atoms. The molecule has 4 nitrogen and oxygen atoms in total. The molecule has 1 unspecified atom stereocenters. The fraction of sp³-hybridized carbons (Fsp3) is 0.500. The van der Waals surface area contributed by atoms with Gasteiger partial charge in [-0.15, -0.1) is 0 Å². The maximum Gasteiger partial charge on any atom is 0.241 e. The SMILES string of the molecule is Cc1cc(C)c(S(=O)(=O)NCC(C)N)c(C)c1. The second-order valence-corrected chi connectivity index (χ2v) is 6.26. The number of hydrogen-bond donors (Lipinski definition) is 2. The van der Waals surface area contributed by atoms with E-state index in [1.165, 1.54) is 0 Å². The van der Waals surface area contributed by atoms with Crippen LogP contribution >= 0.6 is 0 Å². The molecule has 0 heterocycles. The summed E-state index contributed by atoms with van der Waals surface area (Å²) in [5, 5.41) is 0. The highest BCUT2D eigenvalue weighted by Gasteiger charge is 2.19. The summed E-state index contributed by atoms with van der Waals surface area (Å²) in [4.78, 5) is 0.365. The van der Waals surface area contributed by atoms with Gasteiger partial charge in [0.05, 0.1) is 4.90 Å². The highest BCUT2D eigenvalue weighted by Crippen LogP contribution is 2.21. The maximum absolute atomic E-state index is 12.1. The molecule has 1 aromatic carbocycles. The minimum absolute atomic E-state index is 0.198. The van der Waals surface area contributed by atoms with Crippen molar-refractivity contribution in [2.24, 2.45) is 5.73 Å². The number of nitrogens with one attached hydrogen (secondary N) is 1. The van der Waals surface area contributed by atoms with Gasteiger partial charge in [0.2, 0.25) is 10.0 Å². The van der Waals surface area contributed by atoms with Gasteiger partial charge in [0, 0.05) is 12.6 Å². The topological polar surface area (TPSA) is 72.2 Å². The summed E-state index contributed by atoms with van der Waals surface area (Å²) in [6.45, 7) is 7.57. The number of sulfonamides is 1. The Morgan fingerprint density at radius 2 is 1.71 bits per heavy atom. The van der Waals surface area contributed by atoms with Gasteiger partial charge in [-0.2, -0.15) is 0 Å². The van der Waals surface area contributed by atoms with Crippen molar-refractivity contribution >= 4 is 10.0 Å². The predicted octanol–water partition coefficient (Wildman–Crippen LogP) is 1.24. The van der Waals surface area contributed by atoms with Crippen molar-refractivity contribution in [2.45, 2.75) is 38.6 Å². The zero-order valence-corrected chi connectivity index (χ0v) is 11.6. The third-order valence-corrected chi connectivity index (χ3v) is 4.20. The van der Waals surface area contributed by atoms with E-state index in [0.29, 0.717) is 4.90 Å². The van der Waals surface area contributed by atoms with Crippen LogP contribution in [-0.4, -0.2) is 21.0 Å². The molecule has 0 saturated carbocycles. The lowest BCUT2D eigenvalue weighted by Crippen LogP contribution is -2.35. The van der Waals surface area contributed by atoms with Crippen molar-refractivity contribution < 1.29 is 8.42 Å². The molecule has 1 aromatic rings. The van der Waals surface area contributed by atoms with E-state index in [-0.39, 0.29) is 12.6 Å². The normalized spacial score (nSPS) is 13.7. The van der Waals surface area contributed by atoms with Gasteiger partial charge in [-0.05, 0) is 38.8 Å². The molecule has 1 rings (SSSR count). The molecule has 5 heteroatoms. The summed E-state index contributed by atoms with van der Waals surface area (Å²) in [6, 6.07) is 3.54. The summed E-state index contributed by atoms with van der Waals surface area (Å²) < 4.78 is 26.8. The van der Waals surface area contributed by atoms with Crippen LogP contribution in [0.15, 0.2) is 17.0 Å². The van der Waals surface area contributed by atoms with Crippen LogP contribution < -0.4 is 10.5 Å². The molecule has 0 aliphatic heterocycles. The first-order valence-corrected chi connectivity index (χ1v) is 7.05. The molecule has 0 fully saturated rings. The van der Waals surface area contributed by atoms with Crippen LogP contribution in [0.4, 0.5) is 0 Å². The summed E-state index contributed by atoms with van der Waals surface area (Å²) in [7, 11) is -3.46. The van der Waals surface area contributed by atoms with Crippen LogP contribution in [0.3, 0.4) is 0 Å². The molecule has 0 aromatic heterocycles. The average molecular weight is 256 g/mol. The van der Waals surface area contributed by atoms with E-state index in [4.69, 9.17) is 5.73 Å². The monoisotopic (exact) mass is 256 g/mol. The van der Waals surface area contributed by atoms with E-state index >= 15 is 0 Å². The van der Waals surface area contributed by atoms with Crippen LogP contribution in [-0.2, 0) is 10.0 Å². The van der Waals surface area contributed by atoms with E-state index in [2.05, 4.69) is 4.72 Å². The van der Waals surface area contributed by atoms with Crippen molar-refractivity contribution in [1.29, 1.82) is 0 Å². The quantitative estimate of drug-likeness (QED) is 0.851. The third kappa shape index (κ3) is 3.52. The van der Waals surface area contributed by atoms with E-state index in [9.17, 15) is 8.42 Å². The van der Waals surface area contributed by atoms with Crippen molar-refractivity contribution in [1.82, 2.24) is 4.72 Å². The van der Waals surface area contributed by atoms with Crippen LogP contribution in [0.1, 0.15) is 23.6 Å². The lowest BCUT2D eigenvalue weighted by Gasteiger charge is -2.14. The Morgan fingerprint density at radius 1 is 1.24 bits per heavy atom. The third-order valence-electron chi connectivity index (χ3n) is 2.47. The highest BCUT2D eigenvalue weighted by atomic mass is 32.2. The van der Waals surface area contributed by atoms with Crippen molar-refractivity contribution in [2.75, 3.05) is 6.54 Å². The van der Waals surface area contributed by atoms with Crippen LogP contribution in [0, 0.1) is 20.8 Å². The van der Waals surface area contributed by atoms with Gasteiger partial charge in [0.1, 0.15) is 0 Å². The summed E-state index contributed by atoms with van der Waals surface area (Å²) >= 11 is 0. The minimum Gasteiger partial charge on any atom is -0.327 e. The molecule has 17 heavy (non-hydrogen) atoms. The number of benzene rings is 1. The fourth-order valence-corrected chi connectivity index (χ4v) is 3.50. The second kappa shape index (κ2) is 5.16. The van der Waals surface area contributed by atoms with Gasteiger partial charge in [-0.25, -0.2) is 13.1 Å². The number of rotatable bonds is 4. The predicted molar refractivity (Wildman–Crippen MR) is 69.5 cm³/mol. The first-order chi connectivity index (χ1) is 7.74. The standard InChI is InChI=1S/C12H20N2O2S/c1-8-5-9(2)12(10(3)6-8)17(15,16)14-7-11(4)13/h5-6,11,14H,7,13H2,1-4H3. The van der Waals surface area contributed by atoms with Gasteiger partial charge in [0.15, 0.2) is 0 Å². The molecule has 0 bridgehead atoms. The number of aryl methyl sites for hydroxylation is 3. The average Bonchev–Trinajstić information content (AvgIpc) is 2.12. The molecule has 1 atom stereocenters. The smallest absolute Gasteiger partial charge is 0.241 e. The number of nitrogens with two attached hydrogens (primary N) is 1. The van der Waals surface area contributed by atoms with Gasteiger partial charge in [-0.3, -0.25) is 0 Å². The molecular weight excluding hydrogens is 236 g/mol. The van der Waals surface area contributed by atoms with Crippen LogP contribution in [0.2, 0.25) is 0 Å². The van der Waals surface area contributed by atoms with Crippen molar-refractivity contribution in [3.63, 3.8) is 0 Å². The summed E-state index contributed by atoms with van der Waals surface area (Å²) in [5.74, 6) is 0. The molecule has 0 saturated heterocycles. The molecule has 0 amide bonds. The summed E-state index contributed by atoms with van der Waals surface area (Å²) in [6.07, 6.45) is 0. The molecule has 0 aliphatic rings.